The molecule has 26 heavy (non-hydrogen) atoms. The van der Waals surface area contributed by atoms with Crippen LogP contribution >= 0.6 is 0 Å². The highest BCUT2D eigenvalue weighted by Gasteiger charge is 2.07. The fourth-order valence-corrected chi connectivity index (χ4v) is 2.24. The molecule has 0 radical (unpaired) electrons. The molecule has 0 aliphatic heterocycles. The first-order valence-corrected chi connectivity index (χ1v) is 8.37. The summed E-state index contributed by atoms with van der Waals surface area (Å²) in [6, 6.07) is 16.6. The molecule has 0 heterocycles. The third kappa shape index (κ3) is 7.21. The first-order chi connectivity index (χ1) is 12.1. The lowest BCUT2D eigenvalue weighted by Gasteiger charge is -2.06. The number of rotatable bonds is 8. The average molecular weight is 374 g/mol. The largest absolute Gasteiger partial charge is 1.00 e. The number of ether oxygens (including phenoxy) is 1. The molecule has 0 aliphatic carbocycles. The van der Waals surface area contributed by atoms with Gasteiger partial charge in [0.15, 0.2) is 5.78 Å². The molecule has 1 N–H and O–H groups in total. The first-order valence-electron chi connectivity index (χ1n) is 8.37. The summed E-state index contributed by atoms with van der Waals surface area (Å²) in [5, 5.41) is 0. The second-order valence-electron chi connectivity index (χ2n) is 6.12. The molecular formula is C21H24ClNO3. The van der Waals surface area contributed by atoms with Crippen LogP contribution in [0.25, 0.3) is 0 Å². The molecule has 0 unspecified atom stereocenters. The Morgan fingerprint density at radius 3 is 2.19 bits per heavy atom. The van der Waals surface area contributed by atoms with Gasteiger partial charge in [-0.3, -0.25) is 4.79 Å². The number of nitrogens with one attached hydrogen (secondary N) is 1. The van der Waals surface area contributed by atoms with Gasteiger partial charge in [-0.05, 0) is 12.0 Å². The van der Waals surface area contributed by atoms with Crippen molar-refractivity contribution in [1.82, 2.24) is 0 Å². The van der Waals surface area contributed by atoms with E-state index in [4.69, 9.17) is 4.74 Å². The van der Waals surface area contributed by atoms with E-state index in [9.17, 15) is 9.59 Å². The van der Waals surface area contributed by atoms with E-state index in [0.717, 1.165) is 12.1 Å². The lowest BCUT2D eigenvalue weighted by molar-refractivity contribution is -0.858. The monoisotopic (exact) mass is 373 g/mol. The van der Waals surface area contributed by atoms with Gasteiger partial charge >= 0.3 is 5.97 Å². The fourth-order valence-electron chi connectivity index (χ4n) is 2.24. The molecular weight excluding hydrogens is 350 g/mol. The number of carbonyl (C=O) groups is 2. The summed E-state index contributed by atoms with van der Waals surface area (Å²) in [6.07, 6.45) is 3.85. The van der Waals surface area contributed by atoms with Crippen molar-refractivity contribution in [3.8, 4) is 0 Å². The topological polar surface area (TPSA) is 47.8 Å². The molecule has 0 atom stereocenters. The molecule has 0 saturated carbocycles. The number of esters is 1. The van der Waals surface area contributed by atoms with Gasteiger partial charge in [-0.15, -0.1) is 0 Å². The molecule has 4 nitrogen and oxygen atoms in total. The van der Waals surface area contributed by atoms with Crippen LogP contribution in [0.2, 0.25) is 0 Å². The standard InChI is InChI=1S/C21H23NO3.ClH/c1-22(2)15-16-25-20(23)10-6-7-17-11-13-19(14-12-17)21(24)18-8-4-3-5-9-18;/h3-6,8-14H,7,15-16H2,1-2H3;1H. The zero-order valence-corrected chi connectivity index (χ0v) is 15.8. The summed E-state index contributed by atoms with van der Waals surface area (Å²) in [4.78, 5) is 25.1. The normalized spacial score (nSPS) is 10.6. The Hall–Kier alpha value is -2.43. The zero-order valence-electron chi connectivity index (χ0n) is 15.1. The second-order valence-corrected chi connectivity index (χ2v) is 6.12. The number of quaternary nitrogens is 1. The summed E-state index contributed by atoms with van der Waals surface area (Å²) in [5.41, 5.74) is 2.37. The molecule has 2 rings (SSSR count). The van der Waals surface area contributed by atoms with Gasteiger partial charge in [-0.1, -0.05) is 60.7 Å². The summed E-state index contributed by atoms with van der Waals surface area (Å²) in [7, 11) is 4.02. The van der Waals surface area contributed by atoms with E-state index in [1.165, 1.54) is 11.0 Å². The SMILES string of the molecule is C[NH+](C)CCOC(=O)C=CCc1ccc(C(=O)c2ccccc2)cc1.[Cl-]. The number of halogens is 1. The molecule has 138 valence electrons. The summed E-state index contributed by atoms with van der Waals surface area (Å²) in [5.74, 6) is -0.314. The smallest absolute Gasteiger partial charge is 0.330 e. The van der Waals surface area contributed by atoms with Crippen LogP contribution in [-0.2, 0) is 16.0 Å². The lowest BCUT2D eigenvalue weighted by Crippen LogP contribution is -3.06. The third-order valence-electron chi connectivity index (χ3n) is 3.71. The van der Waals surface area contributed by atoms with Crippen LogP contribution < -0.4 is 17.3 Å². The van der Waals surface area contributed by atoms with E-state index in [-0.39, 0.29) is 24.2 Å². The number of ketones is 1. The van der Waals surface area contributed by atoms with Crippen molar-refractivity contribution in [2.24, 2.45) is 0 Å². The highest BCUT2D eigenvalue weighted by Crippen LogP contribution is 2.11. The minimum absolute atomic E-state index is 0. The van der Waals surface area contributed by atoms with E-state index in [1.54, 1.807) is 6.08 Å². The number of likely N-dealkylation sites (N-methyl/N-ethyl adjacent to an activating group) is 1. The average Bonchev–Trinajstić information content (AvgIpc) is 2.62. The number of hydrogen-bond donors (Lipinski definition) is 1. The molecule has 0 saturated heterocycles. The van der Waals surface area contributed by atoms with Crippen LogP contribution in [0.1, 0.15) is 21.5 Å². The summed E-state index contributed by atoms with van der Waals surface area (Å²) in [6.45, 7) is 1.21. The Morgan fingerprint density at radius 2 is 1.58 bits per heavy atom. The molecule has 2 aromatic carbocycles. The number of carbonyl (C=O) groups excluding carboxylic acids is 2. The molecule has 0 bridgehead atoms. The highest BCUT2D eigenvalue weighted by atomic mass is 35.5. The molecule has 2 aromatic rings. The lowest BCUT2D eigenvalue weighted by atomic mass is 10.0. The van der Waals surface area contributed by atoms with Crippen molar-refractivity contribution in [2.45, 2.75) is 6.42 Å². The Kier molecular flexibility index (Phi) is 9.34. The van der Waals surface area contributed by atoms with Crippen molar-refractivity contribution < 1.29 is 31.6 Å². The maximum Gasteiger partial charge on any atom is 0.330 e. The Labute approximate surface area is 160 Å². The van der Waals surface area contributed by atoms with Crippen molar-refractivity contribution in [3.63, 3.8) is 0 Å². The quantitative estimate of drug-likeness (QED) is 0.356. The number of allylic oxidation sites excluding steroid dienone is 1. The van der Waals surface area contributed by atoms with Crippen LogP contribution in [0.5, 0.6) is 0 Å². The summed E-state index contributed by atoms with van der Waals surface area (Å²) >= 11 is 0. The van der Waals surface area contributed by atoms with Gasteiger partial charge < -0.3 is 22.0 Å². The van der Waals surface area contributed by atoms with Crippen molar-refractivity contribution in [2.75, 3.05) is 27.2 Å². The van der Waals surface area contributed by atoms with Gasteiger partial charge in [-0.2, -0.15) is 0 Å². The zero-order chi connectivity index (χ0) is 18.1. The predicted molar refractivity (Wildman–Crippen MR) is 97.8 cm³/mol. The highest BCUT2D eigenvalue weighted by molar-refractivity contribution is 6.08. The minimum Gasteiger partial charge on any atom is -1.00 e. The van der Waals surface area contributed by atoms with Crippen molar-refractivity contribution >= 4 is 11.8 Å². The van der Waals surface area contributed by atoms with E-state index < -0.39 is 0 Å². The third-order valence-corrected chi connectivity index (χ3v) is 3.71. The van der Waals surface area contributed by atoms with Crippen LogP contribution in [0.4, 0.5) is 0 Å². The van der Waals surface area contributed by atoms with Crippen molar-refractivity contribution in [1.29, 1.82) is 0 Å². The molecule has 0 spiro atoms. The van der Waals surface area contributed by atoms with Crippen LogP contribution in [0.15, 0.2) is 66.7 Å². The summed E-state index contributed by atoms with van der Waals surface area (Å²) < 4.78 is 5.10. The molecule has 0 aromatic heterocycles. The Morgan fingerprint density at radius 1 is 0.962 bits per heavy atom. The second kappa shape index (κ2) is 11.2. The Bertz CT molecular complexity index is 725. The van der Waals surface area contributed by atoms with Gasteiger partial charge in [-0.25, -0.2) is 4.79 Å². The Balaban J connectivity index is 0.00000338. The van der Waals surface area contributed by atoms with E-state index >= 15 is 0 Å². The van der Waals surface area contributed by atoms with Gasteiger partial charge in [0.1, 0.15) is 13.2 Å². The van der Waals surface area contributed by atoms with Gasteiger partial charge in [0, 0.05) is 17.2 Å². The van der Waals surface area contributed by atoms with E-state index in [0.29, 0.717) is 24.2 Å². The predicted octanol–water partition coefficient (Wildman–Crippen LogP) is -1.29. The van der Waals surface area contributed by atoms with Gasteiger partial charge in [0.05, 0.1) is 14.1 Å². The number of benzene rings is 2. The molecule has 0 fully saturated rings. The maximum atomic E-state index is 12.3. The van der Waals surface area contributed by atoms with Crippen molar-refractivity contribution in [3.05, 3.63) is 83.4 Å². The minimum atomic E-state index is -0.322. The molecule has 0 aliphatic rings. The number of hydrogen-bond acceptors (Lipinski definition) is 3. The maximum absolute atomic E-state index is 12.3. The van der Waals surface area contributed by atoms with Crippen LogP contribution in [-0.4, -0.2) is 39.0 Å². The van der Waals surface area contributed by atoms with Crippen LogP contribution in [0, 0.1) is 0 Å². The van der Waals surface area contributed by atoms with E-state index in [2.05, 4.69) is 0 Å². The van der Waals surface area contributed by atoms with Gasteiger partial charge in [0.25, 0.3) is 0 Å². The van der Waals surface area contributed by atoms with Gasteiger partial charge in [0.2, 0.25) is 0 Å². The fraction of sp³-hybridized carbons (Fsp3) is 0.238. The van der Waals surface area contributed by atoms with E-state index in [1.807, 2.05) is 68.7 Å². The first kappa shape index (κ1) is 21.6. The molecule has 5 heteroatoms. The van der Waals surface area contributed by atoms with Crippen LogP contribution in [0.3, 0.4) is 0 Å². The molecule has 0 amide bonds.